The summed E-state index contributed by atoms with van der Waals surface area (Å²) in [5.41, 5.74) is 5.54. The van der Waals surface area contributed by atoms with Gasteiger partial charge in [0.25, 0.3) is 0 Å². The zero-order chi connectivity index (χ0) is 50.7. The molecule has 6 aromatic rings. The Morgan fingerprint density at radius 1 is 0.859 bits per heavy atom. The van der Waals surface area contributed by atoms with Crippen LogP contribution in [0.15, 0.2) is 104 Å². The number of hydrogen-bond acceptors (Lipinski definition) is 8. The minimum atomic E-state index is -0.902. The van der Waals surface area contributed by atoms with Crippen molar-refractivity contribution < 1.29 is 28.4 Å². The van der Waals surface area contributed by atoms with Crippen LogP contribution in [0, 0.1) is 11.2 Å². The van der Waals surface area contributed by atoms with Crippen molar-refractivity contribution in [1.82, 2.24) is 50.5 Å². The van der Waals surface area contributed by atoms with Crippen molar-refractivity contribution in [3.05, 3.63) is 121 Å². The normalized spacial score (nSPS) is 16.1. The summed E-state index contributed by atoms with van der Waals surface area (Å²) >= 11 is 0. The predicted octanol–water partition coefficient (Wildman–Crippen LogP) is 8.34. The largest absolute Gasteiger partial charge is 0.351 e. The molecule has 1 fully saturated rings. The molecule has 5 N–H and O–H groups in total. The Bertz CT molecular complexity index is 2780. The number of halogens is 1. The monoisotopic (exact) mass is 969 g/mol. The number of carbonyl (C=O) groups is 5. The molecule has 5 atom stereocenters. The summed E-state index contributed by atoms with van der Waals surface area (Å²) in [5, 5.41) is 17.4. The van der Waals surface area contributed by atoms with E-state index in [1.807, 2.05) is 99.4 Å². The maximum absolute atomic E-state index is 14.4. The number of rotatable bonds is 22. The Morgan fingerprint density at radius 2 is 1.61 bits per heavy atom. The van der Waals surface area contributed by atoms with Crippen LogP contribution < -0.4 is 21.3 Å². The van der Waals surface area contributed by atoms with E-state index in [2.05, 4.69) is 36.3 Å². The van der Waals surface area contributed by atoms with Gasteiger partial charge >= 0.3 is 0 Å². The van der Waals surface area contributed by atoms with Crippen molar-refractivity contribution in [1.29, 1.82) is 0 Å². The lowest BCUT2D eigenvalue weighted by Crippen LogP contribution is -2.59. The SMILES string of the molecule is CC[C@@H](NC(=O)[C@@H]1C[C@H](NC(=O)CCCCCCCCC(=O)n2cc(-c3cnc4[nH]cc(-c5ccn(Cc6cccc(F)c6)c5)c4c3)cn2)CN1C(=O)[C@@H](NC(=O)[C@H](C)NC)C(C)(C)C)c1ccccc1. The molecule has 16 heteroatoms. The second kappa shape index (κ2) is 23.8. The summed E-state index contributed by atoms with van der Waals surface area (Å²) in [5.74, 6) is -1.46. The first-order chi connectivity index (χ1) is 34.1. The Hall–Kier alpha value is -6.94. The van der Waals surface area contributed by atoms with E-state index in [-0.39, 0.29) is 54.4 Å². The van der Waals surface area contributed by atoms with Gasteiger partial charge in [0.05, 0.1) is 18.3 Å². The van der Waals surface area contributed by atoms with Gasteiger partial charge in [-0.3, -0.25) is 24.0 Å². The van der Waals surface area contributed by atoms with Crippen LogP contribution in [-0.2, 0) is 25.7 Å². The molecule has 71 heavy (non-hydrogen) atoms. The van der Waals surface area contributed by atoms with Crippen LogP contribution in [0.2, 0.25) is 0 Å². The average molecular weight is 969 g/mol. The first-order valence-electron chi connectivity index (χ1n) is 25.0. The van der Waals surface area contributed by atoms with Gasteiger partial charge in [-0.25, -0.2) is 14.1 Å². The maximum atomic E-state index is 14.4. The first kappa shape index (κ1) is 51.9. The topological polar surface area (TPSA) is 188 Å². The number of unbranched alkanes of at least 4 members (excludes halogenated alkanes) is 5. The van der Waals surface area contributed by atoms with Crippen LogP contribution in [0.1, 0.15) is 121 Å². The number of hydrogen-bond donors (Lipinski definition) is 5. The summed E-state index contributed by atoms with van der Waals surface area (Å²) in [6.07, 6.45) is 17.7. The number of amides is 4. The number of likely N-dealkylation sites (tertiary alicyclic amines) is 1. The van der Waals surface area contributed by atoms with Gasteiger partial charge in [-0.05, 0) is 80.5 Å². The average Bonchev–Trinajstić information content (AvgIpc) is 4.20. The second-order valence-electron chi connectivity index (χ2n) is 19.9. The molecule has 0 radical (unpaired) electrons. The van der Waals surface area contributed by atoms with Gasteiger partial charge in [0, 0.05) is 90.6 Å². The third-order valence-electron chi connectivity index (χ3n) is 13.5. The number of carbonyl (C=O) groups excluding carboxylic acids is 5. The predicted molar refractivity (Wildman–Crippen MR) is 273 cm³/mol. The number of aromatic amines is 1. The molecule has 1 saturated heterocycles. The lowest BCUT2D eigenvalue weighted by atomic mass is 9.85. The molecule has 5 heterocycles. The molecule has 15 nitrogen and oxygen atoms in total. The van der Waals surface area contributed by atoms with Gasteiger partial charge < -0.3 is 35.7 Å². The van der Waals surface area contributed by atoms with Crippen molar-refractivity contribution in [2.75, 3.05) is 13.6 Å². The zero-order valence-electron chi connectivity index (χ0n) is 41.8. The Balaban J connectivity index is 0.855. The fourth-order valence-electron chi connectivity index (χ4n) is 9.26. The summed E-state index contributed by atoms with van der Waals surface area (Å²) in [6, 6.07) is 17.4. The fourth-order valence-corrected chi connectivity index (χ4v) is 9.26. The van der Waals surface area contributed by atoms with E-state index < -0.39 is 29.6 Å². The Morgan fingerprint density at radius 3 is 2.32 bits per heavy atom. The number of benzene rings is 2. The molecule has 7 rings (SSSR count). The van der Waals surface area contributed by atoms with Gasteiger partial charge in [-0.15, -0.1) is 0 Å². The highest BCUT2D eigenvalue weighted by atomic mass is 19.1. The molecule has 4 amide bonds. The standard InChI is InChI=1S/C55H69FN10O5/c1-7-46(38-19-13-12-14-20-38)62-53(70)47-28-43(35-65(47)54(71)50(55(3,4)5)63-52(69)36(2)57-6)61-48(67)22-15-10-8-9-11-16-23-49(68)66-34-41(30-60-66)40-27-44-45(31-59-51(44)58-29-40)39-24-25-64(33-39)32-37-18-17-21-42(56)26-37/h12-14,17-21,24-27,29-31,33-34,36,43,46-47,50,57H,7-11,15-16,22-23,28,32,35H2,1-6H3,(H,58,59)(H,61,67)(H,62,70)(H,63,69)/t36-,43-,46+,47-,50+/m0/s1. The van der Waals surface area contributed by atoms with Gasteiger partial charge in [-0.2, -0.15) is 5.10 Å². The van der Waals surface area contributed by atoms with Gasteiger partial charge in [0.1, 0.15) is 23.5 Å². The number of likely N-dealkylation sites (N-methyl/N-ethyl adjacent to an activating group) is 1. The summed E-state index contributed by atoms with van der Waals surface area (Å²) < 4.78 is 17.2. The minimum absolute atomic E-state index is 0.0840. The number of nitrogens with zero attached hydrogens (tertiary/aromatic N) is 5. The molecule has 4 aromatic heterocycles. The molecule has 0 saturated carbocycles. The van der Waals surface area contributed by atoms with E-state index in [4.69, 9.17) is 0 Å². The molecular weight excluding hydrogens is 900 g/mol. The molecule has 1 aliphatic heterocycles. The van der Waals surface area contributed by atoms with Gasteiger partial charge in [-0.1, -0.05) is 95.8 Å². The zero-order valence-corrected chi connectivity index (χ0v) is 41.8. The molecule has 1 aliphatic rings. The second-order valence-corrected chi connectivity index (χ2v) is 19.9. The van der Waals surface area contributed by atoms with Crippen molar-refractivity contribution in [3.8, 4) is 22.3 Å². The van der Waals surface area contributed by atoms with E-state index in [9.17, 15) is 28.4 Å². The number of aromatic nitrogens is 5. The van der Waals surface area contributed by atoms with Gasteiger partial charge in [0.2, 0.25) is 29.5 Å². The highest BCUT2D eigenvalue weighted by Crippen LogP contribution is 2.32. The van der Waals surface area contributed by atoms with Crippen LogP contribution >= 0.6 is 0 Å². The Labute approximate surface area is 415 Å². The van der Waals surface area contributed by atoms with E-state index in [1.165, 1.54) is 21.7 Å². The molecule has 0 bridgehead atoms. The summed E-state index contributed by atoms with van der Waals surface area (Å²) in [7, 11) is 1.68. The lowest BCUT2D eigenvalue weighted by molar-refractivity contribution is -0.144. The minimum Gasteiger partial charge on any atom is -0.351 e. The molecular formula is C55H69FN10O5. The lowest BCUT2D eigenvalue weighted by Gasteiger charge is -2.36. The number of H-pyrrole nitrogens is 1. The fraction of sp³-hybridized carbons (Fsp3) is 0.436. The number of nitrogens with one attached hydrogen (secondary N) is 5. The van der Waals surface area contributed by atoms with Crippen LogP contribution in [0.3, 0.4) is 0 Å². The van der Waals surface area contributed by atoms with Crippen LogP contribution in [0.25, 0.3) is 33.3 Å². The van der Waals surface area contributed by atoms with E-state index >= 15 is 0 Å². The molecule has 0 aliphatic carbocycles. The van der Waals surface area contributed by atoms with Crippen molar-refractivity contribution in [3.63, 3.8) is 0 Å². The molecule has 0 unspecified atom stereocenters. The molecule has 2 aromatic carbocycles. The Kier molecular flexibility index (Phi) is 17.4. The summed E-state index contributed by atoms with van der Waals surface area (Å²) in [6.45, 7) is 10.0. The quantitative estimate of drug-likeness (QED) is 0.0420. The van der Waals surface area contributed by atoms with E-state index in [0.29, 0.717) is 32.2 Å². The van der Waals surface area contributed by atoms with Crippen LogP contribution in [0.4, 0.5) is 4.39 Å². The number of fused-ring (bicyclic) bond motifs is 1. The summed E-state index contributed by atoms with van der Waals surface area (Å²) in [4.78, 5) is 77.3. The molecule has 376 valence electrons. The third-order valence-corrected chi connectivity index (χ3v) is 13.5. The van der Waals surface area contributed by atoms with Gasteiger partial charge in [0.15, 0.2) is 0 Å². The van der Waals surface area contributed by atoms with E-state index in [0.717, 1.165) is 76.5 Å². The maximum Gasteiger partial charge on any atom is 0.246 e. The third kappa shape index (κ3) is 13.5. The molecule has 0 spiro atoms. The van der Waals surface area contributed by atoms with Crippen LogP contribution in [-0.4, -0.2) is 96.5 Å². The van der Waals surface area contributed by atoms with Crippen molar-refractivity contribution >= 4 is 40.6 Å². The number of pyridine rings is 1. The van der Waals surface area contributed by atoms with E-state index in [1.54, 1.807) is 38.6 Å². The highest BCUT2D eigenvalue weighted by Gasteiger charge is 2.45. The first-order valence-corrected chi connectivity index (χ1v) is 25.0. The van der Waals surface area contributed by atoms with Crippen LogP contribution in [0.5, 0.6) is 0 Å². The smallest absolute Gasteiger partial charge is 0.246 e. The van der Waals surface area contributed by atoms with Crippen molar-refractivity contribution in [2.45, 2.75) is 136 Å². The highest BCUT2D eigenvalue weighted by molar-refractivity contribution is 5.96. The van der Waals surface area contributed by atoms with Crippen molar-refractivity contribution in [2.24, 2.45) is 5.41 Å².